The largest absolute Gasteiger partial charge is 0.356 e. The maximum Gasteiger partial charge on any atom is 0.323 e. The molecule has 7 heteroatoms. The van der Waals surface area contributed by atoms with Gasteiger partial charge in [0, 0.05) is 43.9 Å². The fourth-order valence-electron chi connectivity index (χ4n) is 3.87. The molecule has 3 aromatic rings. The number of piperidine rings is 1. The van der Waals surface area contributed by atoms with Crippen LogP contribution in [0, 0.1) is 6.92 Å². The van der Waals surface area contributed by atoms with E-state index in [1.54, 1.807) is 0 Å². The van der Waals surface area contributed by atoms with Crippen LogP contribution >= 0.6 is 0 Å². The number of benzene rings is 1. The Kier molecular flexibility index (Phi) is 5.43. The van der Waals surface area contributed by atoms with Gasteiger partial charge >= 0.3 is 5.69 Å². The standard InChI is InChI=1S/C21H28N6O/c1-3-4-19-23-14(2)11-20(26-19)27-9-7-16(8-10-27)22-13-15-5-6-17-18(12-15)25-21(28)24-17/h5-6,11-12,16,22H,3-4,7-10,13H2,1-2H3,(H2,24,25,28). The van der Waals surface area contributed by atoms with Gasteiger partial charge in [0.1, 0.15) is 11.6 Å². The summed E-state index contributed by atoms with van der Waals surface area (Å²) in [5.41, 5.74) is 3.79. The molecule has 0 amide bonds. The topological polar surface area (TPSA) is 89.7 Å². The smallest absolute Gasteiger partial charge is 0.323 e. The number of rotatable bonds is 6. The van der Waals surface area contributed by atoms with Crippen molar-refractivity contribution in [2.24, 2.45) is 0 Å². The molecule has 0 unspecified atom stereocenters. The van der Waals surface area contributed by atoms with E-state index in [0.717, 1.165) is 73.7 Å². The molecule has 0 bridgehead atoms. The number of nitrogens with one attached hydrogen (secondary N) is 3. The van der Waals surface area contributed by atoms with E-state index >= 15 is 0 Å². The van der Waals surface area contributed by atoms with Gasteiger partial charge in [-0.05, 0) is 43.9 Å². The van der Waals surface area contributed by atoms with Crippen molar-refractivity contribution in [2.45, 2.75) is 52.1 Å². The van der Waals surface area contributed by atoms with Crippen LogP contribution in [0.2, 0.25) is 0 Å². The summed E-state index contributed by atoms with van der Waals surface area (Å²) in [7, 11) is 0. The molecule has 3 heterocycles. The molecule has 0 radical (unpaired) electrons. The summed E-state index contributed by atoms with van der Waals surface area (Å²) in [5, 5.41) is 3.66. The van der Waals surface area contributed by atoms with E-state index in [1.165, 1.54) is 5.56 Å². The van der Waals surface area contributed by atoms with Gasteiger partial charge in [-0.15, -0.1) is 0 Å². The molecular weight excluding hydrogens is 352 g/mol. The van der Waals surface area contributed by atoms with Crippen LogP contribution in [-0.4, -0.2) is 39.1 Å². The number of imidazole rings is 1. The zero-order valence-corrected chi connectivity index (χ0v) is 16.6. The van der Waals surface area contributed by atoms with Crippen LogP contribution < -0.4 is 15.9 Å². The van der Waals surface area contributed by atoms with Gasteiger partial charge < -0.3 is 20.2 Å². The highest BCUT2D eigenvalue weighted by molar-refractivity contribution is 5.74. The van der Waals surface area contributed by atoms with E-state index < -0.39 is 0 Å². The molecule has 7 nitrogen and oxygen atoms in total. The van der Waals surface area contributed by atoms with Crippen molar-refractivity contribution in [3.05, 3.63) is 51.8 Å². The maximum absolute atomic E-state index is 11.4. The number of aromatic amines is 2. The molecule has 1 fully saturated rings. The molecule has 0 saturated carbocycles. The number of aromatic nitrogens is 4. The molecule has 28 heavy (non-hydrogen) atoms. The maximum atomic E-state index is 11.4. The van der Waals surface area contributed by atoms with Crippen molar-refractivity contribution < 1.29 is 0 Å². The summed E-state index contributed by atoms with van der Waals surface area (Å²) in [6.45, 7) is 7.02. The predicted molar refractivity (Wildman–Crippen MR) is 112 cm³/mol. The number of H-pyrrole nitrogens is 2. The zero-order valence-electron chi connectivity index (χ0n) is 16.6. The number of fused-ring (bicyclic) bond motifs is 1. The number of aryl methyl sites for hydroxylation is 2. The Bertz CT molecular complexity index is 1000. The van der Waals surface area contributed by atoms with E-state index in [2.05, 4.69) is 44.2 Å². The van der Waals surface area contributed by atoms with E-state index in [4.69, 9.17) is 4.98 Å². The van der Waals surface area contributed by atoms with Gasteiger partial charge in [-0.3, -0.25) is 0 Å². The van der Waals surface area contributed by atoms with E-state index in [9.17, 15) is 4.79 Å². The van der Waals surface area contributed by atoms with Gasteiger partial charge in [0.25, 0.3) is 0 Å². The Morgan fingerprint density at radius 2 is 1.93 bits per heavy atom. The zero-order chi connectivity index (χ0) is 19.5. The van der Waals surface area contributed by atoms with Gasteiger partial charge in [0.05, 0.1) is 11.0 Å². The average Bonchev–Trinajstić information content (AvgIpc) is 3.06. The fraction of sp³-hybridized carbons (Fsp3) is 0.476. The van der Waals surface area contributed by atoms with Gasteiger partial charge in [0.2, 0.25) is 0 Å². The highest BCUT2D eigenvalue weighted by atomic mass is 16.1. The lowest BCUT2D eigenvalue weighted by molar-refractivity contribution is 0.412. The number of nitrogens with zero attached hydrogens (tertiary/aromatic N) is 3. The monoisotopic (exact) mass is 380 g/mol. The van der Waals surface area contributed by atoms with Crippen LogP contribution in [0.4, 0.5) is 5.82 Å². The van der Waals surface area contributed by atoms with Crippen LogP contribution in [-0.2, 0) is 13.0 Å². The first-order valence-corrected chi connectivity index (χ1v) is 10.1. The Balaban J connectivity index is 1.33. The molecule has 1 aliphatic rings. The van der Waals surface area contributed by atoms with Crippen molar-refractivity contribution in [3.63, 3.8) is 0 Å². The Morgan fingerprint density at radius 1 is 1.14 bits per heavy atom. The van der Waals surface area contributed by atoms with E-state index in [1.807, 2.05) is 19.1 Å². The first-order chi connectivity index (χ1) is 13.6. The second kappa shape index (κ2) is 8.14. The van der Waals surface area contributed by atoms with Gasteiger partial charge in [-0.2, -0.15) is 0 Å². The van der Waals surface area contributed by atoms with Gasteiger partial charge in [-0.25, -0.2) is 14.8 Å². The predicted octanol–water partition coefficient (Wildman–Crippen LogP) is 2.67. The average molecular weight is 380 g/mol. The summed E-state index contributed by atoms with van der Waals surface area (Å²) in [6, 6.07) is 8.65. The minimum Gasteiger partial charge on any atom is -0.356 e. The Hall–Kier alpha value is -2.67. The highest BCUT2D eigenvalue weighted by Crippen LogP contribution is 2.20. The molecule has 0 spiro atoms. The normalized spacial score (nSPS) is 15.4. The first kappa shape index (κ1) is 18.7. The van der Waals surface area contributed by atoms with E-state index in [-0.39, 0.29) is 5.69 Å². The Labute approximate surface area is 164 Å². The summed E-state index contributed by atoms with van der Waals surface area (Å²) >= 11 is 0. The summed E-state index contributed by atoms with van der Waals surface area (Å²) in [4.78, 5) is 28.7. The molecular formula is C21H28N6O. The number of hydrogen-bond acceptors (Lipinski definition) is 5. The van der Waals surface area contributed by atoms with Gasteiger partial charge in [-0.1, -0.05) is 13.0 Å². The molecule has 0 aliphatic carbocycles. The van der Waals surface area contributed by atoms with Crippen LogP contribution in [0.5, 0.6) is 0 Å². The molecule has 148 valence electrons. The Morgan fingerprint density at radius 3 is 2.71 bits per heavy atom. The van der Waals surface area contributed by atoms with Crippen LogP contribution in [0.25, 0.3) is 11.0 Å². The molecule has 0 atom stereocenters. The van der Waals surface area contributed by atoms with Crippen molar-refractivity contribution in [1.29, 1.82) is 0 Å². The highest BCUT2D eigenvalue weighted by Gasteiger charge is 2.20. The van der Waals surface area contributed by atoms with Crippen LogP contribution in [0.1, 0.15) is 43.3 Å². The molecule has 3 N–H and O–H groups in total. The summed E-state index contributed by atoms with van der Waals surface area (Å²) in [5.74, 6) is 2.02. The van der Waals surface area contributed by atoms with Crippen LogP contribution in [0.15, 0.2) is 29.1 Å². The van der Waals surface area contributed by atoms with Crippen molar-refractivity contribution in [1.82, 2.24) is 25.3 Å². The lowest BCUT2D eigenvalue weighted by Gasteiger charge is -2.33. The third-order valence-corrected chi connectivity index (χ3v) is 5.35. The quantitative estimate of drug-likeness (QED) is 0.612. The van der Waals surface area contributed by atoms with Crippen molar-refractivity contribution in [3.8, 4) is 0 Å². The molecule has 1 aromatic carbocycles. The molecule has 1 aliphatic heterocycles. The second-order valence-corrected chi connectivity index (χ2v) is 7.64. The second-order valence-electron chi connectivity index (χ2n) is 7.64. The molecule has 1 saturated heterocycles. The van der Waals surface area contributed by atoms with Crippen molar-refractivity contribution in [2.75, 3.05) is 18.0 Å². The molecule has 4 rings (SSSR count). The van der Waals surface area contributed by atoms with E-state index in [0.29, 0.717) is 6.04 Å². The lowest BCUT2D eigenvalue weighted by Crippen LogP contribution is -2.42. The molecule has 2 aromatic heterocycles. The SMILES string of the molecule is CCCc1nc(C)cc(N2CCC(NCc3ccc4[nH]c(=O)[nH]c4c3)CC2)n1. The number of anilines is 1. The lowest BCUT2D eigenvalue weighted by atomic mass is 10.0. The van der Waals surface area contributed by atoms with Crippen LogP contribution in [0.3, 0.4) is 0 Å². The fourth-order valence-corrected chi connectivity index (χ4v) is 3.87. The minimum absolute atomic E-state index is 0.158. The number of hydrogen-bond donors (Lipinski definition) is 3. The third-order valence-electron chi connectivity index (χ3n) is 5.35. The minimum atomic E-state index is -0.158. The van der Waals surface area contributed by atoms with Crippen molar-refractivity contribution >= 4 is 16.9 Å². The first-order valence-electron chi connectivity index (χ1n) is 10.1. The summed E-state index contributed by atoms with van der Waals surface area (Å²) in [6.07, 6.45) is 4.19. The summed E-state index contributed by atoms with van der Waals surface area (Å²) < 4.78 is 0. The third kappa shape index (κ3) is 4.25. The van der Waals surface area contributed by atoms with Gasteiger partial charge in [0.15, 0.2) is 0 Å².